The van der Waals surface area contributed by atoms with E-state index in [4.69, 9.17) is 10.4 Å². The van der Waals surface area contributed by atoms with Gasteiger partial charge in [-0.05, 0) is 24.3 Å². The summed E-state index contributed by atoms with van der Waals surface area (Å²) in [5, 5.41) is 18.5. The lowest BCUT2D eigenvalue weighted by Crippen LogP contribution is -1.73. The van der Waals surface area contributed by atoms with Crippen molar-refractivity contribution in [3.8, 4) is 22.4 Å². The Morgan fingerprint density at radius 1 is 1.29 bits per heavy atom. The number of phenolic OH excluding ortho intramolecular Hbond substituents is 1. The van der Waals surface area contributed by atoms with E-state index in [1.54, 1.807) is 30.5 Å². The maximum Gasteiger partial charge on any atom is 0.125 e. The Labute approximate surface area is 84.9 Å². The first-order valence-corrected chi connectivity index (χ1v) is 4.76. The van der Waals surface area contributed by atoms with Crippen molar-refractivity contribution in [3.63, 3.8) is 0 Å². The Morgan fingerprint density at radius 2 is 2.00 bits per heavy atom. The predicted octanol–water partition coefficient (Wildman–Crippen LogP) is 2.39. The van der Waals surface area contributed by atoms with Gasteiger partial charge in [0.05, 0.1) is 6.20 Å². The van der Waals surface area contributed by atoms with Crippen LogP contribution in [0.2, 0.25) is 0 Å². The zero-order valence-corrected chi connectivity index (χ0v) is 7.95. The van der Waals surface area contributed by atoms with E-state index in [1.165, 1.54) is 11.3 Å². The first-order chi connectivity index (χ1) is 6.79. The third-order valence-electron chi connectivity index (χ3n) is 1.73. The summed E-state index contributed by atoms with van der Waals surface area (Å²) in [5.74, 6) is 0.228. The fourth-order valence-corrected chi connectivity index (χ4v) is 1.78. The number of nitrogens with zero attached hydrogens (tertiary/aromatic N) is 2. The molecule has 14 heavy (non-hydrogen) atoms. The molecular formula is C10H6N2OS. The number of benzene rings is 1. The summed E-state index contributed by atoms with van der Waals surface area (Å²) in [5.41, 5.74) is 0.911. The molecule has 0 saturated carbocycles. The summed E-state index contributed by atoms with van der Waals surface area (Å²) >= 11 is 1.34. The second kappa shape index (κ2) is 3.48. The largest absolute Gasteiger partial charge is 0.508 e. The molecule has 3 nitrogen and oxygen atoms in total. The molecule has 0 saturated heterocycles. The fourth-order valence-electron chi connectivity index (χ4n) is 1.06. The van der Waals surface area contributed by atoms with Crippen LogP contribution in [0.3, 0.4) is 0 Å². The molecule has 2 aromatic rings. The molecule has 0 unspecified atom stereocenters. The van der Waals surface area contributed by atoms with Crippen molar-refractivity contribution >= 4 is 11.3 Å². The van der Waals surface area contributed by atoms with Gasteiger partial charge in [-0.2, -0.15) is 5.26 Å². The van der Waals surface area contributed by atoms with Gasteiger partial charge in [-0.25, -0.2) is 4.98 Å². The second-order valence-electron chi connectivity index (χ2n) is 2.69. The zero-order chi connectivity index (χ0) is 9.97. The smallest absolute Gasteiger partial charge is 0.125 e. The van der Waals surface area contributed by atoms with Crippen LogP contribution in [0.1, 0.15) is 4.88 Å². The van der Waals surface area contributed by atoms with E-state index in [2.05, 4.69) is 4.98 Å². The lowest BCUT2D eigenvalue weighted by molar-refractivity contribution is 0.475. The lowest BCUT2D eigenvalue weighted by Gasteiger charge is -1.94. The number of aromatic nitrogens is 1. The standard InChI is InChI=1S/C10H6N2OS/c11-5-9-6-12-10(14-9)7-1-3-8(13)4-2-7/h1-4,6,13H. The summed E-state index contributed by atoms with van der Waals surface area (Å²) in [6.07, 6.45) is 1.55. The maximum atomic E-state index is 9.09. The Kier molecular flexibility index (Phi) is 2.17. The number of rotatable bonds is 1. The molecule has 0 bridgehead atoms. The predicted molar refractivity (Wildman–Crippen MR) is 53.9 cm³/mol. The number of hydrogen-bond donors (Lipinski definition) is 1. The molecule has 4 heteroatoms. The van der Waals surface area contributed by atoms with Gasteiger partial charge in [0, 0.05) is 5.56 Å². The van der Waals surface area contributed by atoms with Gasteiger partial charge in [-0.1, -0.05) is 0 Å². The highest BCUT2D eigenvalue weighted by Crippen LogP contribution is 2.25. The minimum absolute atomic E-state index is 0.228. The number of hydrogen-bond acceptors (Lipinski definition) is 4. The molecule has 68 valence electrons. The molecule has 0 spiro atoms. The van der Waals surface area contributed by atoms with Crippen LogP contribution in [-0.4, -0.2) is 10.1 Å². The van der Waals surface area contributed by atoms with Crippen molar-refractivity contribution in [2.24, 2.45) is 0 Å². The van der Waals surface area contributed by atoms with Crippen LogP contribution in [0.25, 0.3) is 10.6 Å². The molecule has 0 radical (unpaired) electrons. The van der Waals surface area contributed by atoms with Gasteiger partial charge in [-0.15, -0.1) is 11.3 Å². The van der Waals surface area contributed by atoms with Crippen LogP contribution in [0.5, 0.6) is 5.75 Å². The van der Waals surface area contributed by atoms with Gasteiger partial charge in [-0.3, -0.25) is 0 Å². The average Bonchev–Trinajstić information content (AvgIpc) is 2.67. The third-order valence-corrected chi connectivity index (χ3v) is 2.68. The number of aromatic hydroxyl groups is 1. The normalized spacial score (nSPS) is 9.64. The molecule has 0 aliphatic rings. The first kappa shape index (κ1) is 8.73. The Morgan fingerprint density at radius 3 is 2.57 bits per heavy atom. The highest BCUT2D eigenvalue weighted by atomic mass is 32.1. The van der Waals surface area contributed by atoms with E-state index in [1.807, 2.05) is 6.07 Å². The summed E-state index contributed by atoms with van der Waals surface area (Å²) in [6.45, 7) is 0. The van der Waals surface area contributed by atoms with Gasteiger partial charge in [0.25, 0.3) is 0 Å². The Hall–Kier alpha value is -1.86. The van der Waals surface area contributed by atoms with Crippen molar-refractivity contribution in [2.75, 3.05) is 0 Å². The van der Waals surface area contributed by atoms with Crippen molar-refractivity contribution in [1.82, 2.24) is 4.98 Å². The second-order valence-corrected chi connectivity index (χ2v) is 3.72. The number of phenols is 1. The van der Waals surface area contributed by atoms with Gasteiger partial charge in [0.2, 0.25) is 0 Å². The molecular weight excluding hydrogens is 196 g/mol. The van der Waals surface area contributed by atoms with Crippen LogP contribution in [0, 0.1) is 11.3 Å². The highest BCUT2D eigenvalue weighted by Gasteiger charge is 2.03. The summed E-state index contributed by atoms with van der Waals surface area (Å²) in [6, 6.07) is 8.78. The van der Waals surface area contributed by atoms with Crippen LogP contribution in [0.15, 0.2) is 30.5 Å². The highest BCUT2D eigenvalue weighted by molar-refractivity contribution is 7.15. The van der Waals surface area contributed by atoms with E-state index in [-0.39, 0.29) is 5.75 Å². The minimum Gasteiger partial charge on any atom is -0.508 e. The van der Waals surface area contributed by atoms with Crippen molar-refractivity contribution in [2.45, 2.75) is 0 Å². The van der Waals surface area contributed by atoms with Gasteiger partial charge >= 0.3 is 0 Å². The summed E-state index contributed by atoms with van der Waals surface area (Å²) < 4.78 is 0. The number of thiazole rings is 1. The van der Waals surface area contributed by atoms with Gasteiger partial charge < -0.3 is 5.11 Å². The molecule has 1 aromatic heterocycles. The molecule has 0 atom stereocenters. The SMILES string of the molecule is N#Cc1cnc(-c2ccc(O)cc2)s1. The van der Waals surface area contributed by atoms with Gasteiger partial charge in [0.1, 0.15) is 21.7 Å². The van der Waals surface area contributed by atoms with Crippen molar-refractivity contribution in [3.05, 3.63) is 35.3 Å². The molecule has 0 aliphatic heterocycles. The molecule has 1 aromatic carbocycles. The molecule has 1 heterocycles. The quantitative estimate of drug-likeness (QED) is 0.772. The molecule has 0 aliphatic carbocycles. The maximum absolute atomic E-state index is 9.09. The summed E-state index contributed by atoms with van der Waals surface area (Å²) in [4.78, 5) is 4.69. The van der Waals surface area contributed by atoms with Crippen LogP contribution < -0.4 is 0 Å². The molecule has 1 N–H and O–H groups in total. The van der Waals surface area contributed by atoms with Crippen LogP contribution in [0.4, 0.5) is 0 Å². The van der Waals surface area contributed by atoms with E-state index in [0.717, 1.165) is 10.6 Å². The summed E-state index contributed by atoms with van der Waals surface area (Å²) in [7, 11) is 0. The fraction of sp³-hybridized carbons (Fsp3) is 0. The molecule has 0 amide bonds. The third kappa shape index (κ3) is 1.58. The van der Waals surface area contributed by atoms with E-state index in [9.17, 15) is 0 Å². The van der Waals surface area contributed by atoms with Crippen LogP contribution in [-0.2, 0) is 0 Å². The van der Waals surface area contributed by atoms with E-state index >= 15 is 0 Å². The van der Waals surface area contributed by atoms with Crippen molar-refractivity contribution in [1.29, 1.82) is 5.26 Å². The molecule has 2 rings (SSSR count). The number of nitriles is 1. The van der Waals surface area contributed by atoms with E-state index in [0.29, 0.717) is 4.88 Å². The topological polar surface area (TPSA) is 56.9 Å². The molecule has 0 fully saturated rings. The average molecular weight is 202 g/mol. The van der Waals surface area contributed by atoms with E-state index < -0.39 is 0 Å². The van der Waals surface area contributed by atoms with Crippen molar-refractivity contribution < 1.29 is 5.11 Å². The zero-order valence-electron chi connectivity index (χ0n) is 7.14. The van der Waals surface area contributed by atoms with Crippen LogP contribution >= 0.6 is 11.3 Å². The first-order valence-electron chi connectivity index (χ1n) is 3.95. The Balaban J connectivity index is 2.40. The minimum atomic E-state index is 0.228. The Bertz CT molecular complexity index is 482. The van der Waals surface area contributed by atoms with Gasteiger partial charge in [0.15, 0.2) is 0 Å². The lowest BCUT2D eigenvalue weighted by atomic mass is 10.2. The monoisotopic (exact) mass is 202 g/mol.